The van der Waals surface area contributed by atoms with Crippen molar-refractivity contribution in [3.63, 3.8) is 0 Å². The Hall–Kier alpha value is -2.74. The third-order valence-electron chi connectivity index (χ3n) is 6.57. The smallest absolute Gasteiger partial charge is 0.435 e. The SMILES string of the molecule is O=C(O)Cc1csc(NC(=O)CN2CC[C@H]3c4ccc(C(F)(C(F)(F)F)C(F)(F)F)cc4CCC32)n1. The van der Waals surface area contributed by atoms with Gasteiger partial charge in [0.25, 0.3) is 0 Å². The number of halogens is 7. The first-order chi connectivity index (χ1) is 16.7. The van der Waals surface area contributed by atoms with Crippen LogP contribution in [0.2, 0.25) is 0 Å². The number of carboxylic acid groups (broad SMARTS) is 1. The molecule has 1 saturated heterocycles. The van der Waals surface area contributed by atoms with Crippen LogP contribution in [0.1, 0.15) is 41.1 Å². The fourth-order valence-corrected chi connectivity index (χ4v) is 5.72. The molecule has 0 saturated carbocycles. The standard InChI is InChI=1S/C22H20F7N3O3S/c23-20(21(24,25)26,22(27,28)29)12-2-3-14-11(7-12)1-4-16-15(14)5-6-32(16)9-17(33)31-19-30-13(10-36-19)8-18(34)35/h2-3,7,10,15-16H,1,4-6,8-9H2,(H,34,35)(H,30,31,33)/t15-,16?/m0/s1. The number of fused-ring (bicyclic) bond motifs is 3. The van der Waals surface area contributed by atoms with Gasteiger partial charge in [0.05, 0.1) is 18.7 Å². The van der Waals surface area contributed by atoms with Gasteiger partial charge in [-0.05, 0) is 36.9 Å². The van der Waals surface area contributed by atoms with Crippen LogP contribution >= 0.6 is 11.3 Å². The summed E-state index contributed by atoms with van der Waals surface area (Å²) in [4.78, 5) is 29.2. The molecule has 1 aromatic heterocycles. The summed E-state index contributed by atoms with van der Waals surface area (Å²) >= 11 is 1.08. The first-order valence-corrected chi connectivity index (χ1v) is 11.7. The molecule has 0 bridgehead atoms. The molecule has 4 rings (SSSR count). The summed E-state index contributed by atoms with van der Waals surface area (Å²) in [6, 6.07) is 2.19. The van der Waals surface area contributed by atoms with Crippen molar-refractivity contribution in [1.82, 2.24) is 9.88 Å². The lowest BCUT2D eigenvalue weighted by molar-refractivity contribution is -0.348. The number of likely N-dealkylation sites (tertiary alicyclic amines) is 1. The van der Waals surface area contributed by atoms with Gasteiger partial charge in [-0.3, -0.25) is 14.5 Å². The molecule has 196 valence electrons. The summed E-state index contributed by atoms with van der Waals surface area (Å²) in [5, 5.41) is 13.2. The lowest BCUT2D eigenvalue weighted by atomic mass is 9.77. The van der Waals surface area contributed by atoms with Crippen molar-refractivity contribution in [1.29, 1.82) is 0 Å². The predicted molar refractivity (Wildman–Crippen MR) is 114 cm³/mol. The van der Waals surface area contributed by atoms with E-state index in [9.17, 15) is 40.3 Å². The van der Waals surface area contributed by atoms with E-state index in [1.807, 2.05) is 4.90 Å². The van der Waals surface area contributed by atoms with Gasteiger partial charge in [0, 0.05) is 22.9 Å². The van der Waals surface area contributed by atoms with Gasteiger partial charge in [-0.2, -0.15) is 26.3 Å². The average Bonchev–Trinajstić information content (AvgIpc) is 3.37. The van der Waals surface area contributed by atoms with E-state index < -0.39 is 29.6 Å². The van der Waals surface area contributed by atoms with Crippen LogP contribution in [0, 0.1) is 0 Å². The summed E-state index contributed by atoms with van der Waals surface area (Å²) in [5.41, 5.74) is -5.85. The summed E-state index contributed by atoms with van der Waals surface area (Å²) in [5.74, 6) is -1.66. The van der Waals surface area contributed by atoms with E-state index >= 15 is 0 Å². The topological polar surface area (TPSA) is 82.5 Å². The predicted octanol–water partition coefficient (Wildman–Crippen LogP) is 4.80. The van der Waals surface area contributed by atoms with E-state index in [4.69, 9.17) is 5.11 Å². The molecule has 2 atom stereocenters. The molecule has 6 nitrogen and oxygen atoms in total. The molecule has 1 aliphatic carbocycles. The van der Waals surface area contributed by atoms with E-state index in [1.54, 1.807) is 0 Å². The number of hydrogen-bond donors (Lipinski definition) is 2. The zero-order valence-corrected chi connectivity index (χ0v) is 19.2. The quantitative estimate of drug-likeness (QED) is 0.516. The Balaban J connectivity index is 1.47. The Labute approximate surface area is 204 Å². The molecule has 14 heteroatoms. The number of alkyl halides is 7. The van der Waals surface area contributed by atoms with Crippen molar-refractivity contribution in [2.75, 3.05) is 18.4 Å². The van der Waals surface area contributed by atoms with Gasteiger partial charge in [-0.15, -0.1) is 11.3 Å². The Morgan fingerprint density at radius 3 is 2.44 bits per heavy atom. The highest BCUT2D eigenvalue weighted by atomic mass is 32.1. The molecule has 2 heterocycles. The summed E-state index contributed by atoms with van der Waals surface area (Å²) in [6.07, 6.45) is -11.6. The number of carbonyl (C=O) groups is 2. The molecule has 0 radical (unpaired) electrons. The minimum absolute atomic E-state index is 0.0157. The molecule has 1 amide bonds. The van der Waals surface area contributed by atoms with Gasteiger partial charge in [-0.25, -0.2) is 9.37 Å². The van der Waals surface area contributed by atoms with Crippen molar-refractivity contribution in [3.05, 3.63) is 46.0 Å². The number of amides is 1. The van der Waals surface area contributed by atoms with Crippen molar-refractivity contribution in [2.24, 2.45) is 0 Å². The number of aliphatic carboxylic acids is 1. The Kier molecular flexibility index (Phi) is 6.79. The second-order valence-electron chi connectivity index (χ2n) is 8.80. The van der Waals surface area contributed by atoms with Crippen molar-refractivity contribution < 1.29 is 45.4 Å². The third-order valence-corrected chi connectivity index (χ3v) is 7.38. The number of aryl methyl sites for hydroxylation is 1. The number of nitrogens with one attached hydrogen (secondary N) is 1. The van der Waals surface area contributed by atoms with Crippen LogP contribution in [-0.2, 0) is 28.1 Å². The first-order valence-electron chi connectivity index (χ1n) is 10.9. The number of anilines is 1. The molecular weight excluding hydrogens is 519 g/mol. The van der Waals surface area contributed by atoms with Crippen LogP contribution in [0.25, 0.3) is 0 Å². The lowest BCUT2D eigenvalue weighted by Gasteiger charge is -2.35. The molecule has 36 heavy (non-hydrogen) atoms. The Morgan fingerprint density at radius 1 is 1.11 bits per heavy atom. The molecule has 0 spiro atoms. The second-order valence-corrected chi connectivity index (χ2v) is 9.66. The average molecular weight is 539 g/mol. The van der Waals surface area contributed by atoms with E-state index in [0.717, 1.165) is 17.4 Å². The van der Waals surface area contributed by atoms with Gasteiger partial charge in [0.15, 0.2) is 5.13 Å². The zero-order chi connectivity index (χ0) is 26.5. The zero-order valence-electron chi connectivity index (χ0n) is 18.4. The van der Waals surface area contributed by atoms with E-state index in [0.29, 0.717) is 42.8 Å². The molecular formula is C22H20F7N3O3S. The van der Waals surface area contributed by atoms with Gasteiger partial charge in [0.2, 0.25) is 5.91 Å². The van der Waals surface area contributed by atoms with Gasteiger partial charge in [-0.1, -0.05) is 18.2 Å². The Morgan fingerprint density at radius 2 is 1.81 bits per heavy atom. The Bertz CT molecular complexity index is 1150. The van der Waals surface area contributed by atoms with Crippen molar-refractivity contribution >= 4 is 28.3 Å². The minimum Gasteiger partial charge on any atom is -0.481 e. The number of nitrogens with zero attached hydrogens (tertiary/aromatic N) is 2. The highest BCUT2D eigenvalue weighted by Crippen LogP contribution is 2.54. The largest absolute Gasteiger partial charge is 0.481 e. The summed E-state index contributed by atoms with van der Waals surface area (Å²) in [6.45, 7) is 0.461. The summed E-state index contributed by atoms with van der Waals surface area (Å²) in [7, 11) is 0. The number of thiazole rings is 1. The fourth-order valence-electron chi connectivity index (χ4n) is 4.99. The number of rotatable bonds is 6. The molecule has 2 aliphatic rings. The highest BCUT2D eigenvalue weighted by molar-refractivity contribution is 7.13. The monoisotopic (exact) mass is 539 g/mol. The number of benzene rings is 1. The minimum atomic E-state index is -6.17. The normalized spacial score (nSPS) is 20.6. The van der Waals surface area contributed by atoms with Crippen LogP contribution in [-0.4, -0.2) is 58.4 Å². The number of aromatic nitrogens is 1. The number of carbonyl (C=O) groups excluding carboxylic acids is 1. The van der Waals surface area contributed by atoms with Crippen LogP contribution in [0.5, 0.6) is 0 Å². The first kappa shape index (κ1) is 26.3. The van der Waals surface area contributed by atoms with Gasteiger partial charge < -0.3 is 10.4 Å². The highest BCUT2D eigenvalue weighted by Gasteiger charge is 2.73. The van der Waals surface area contributed by atoms with Gasteiger partial charge >= 0.3 is 24.0 Å². The van der Waals surface area contributed by atoms with Crippen molar-refractivity contribution in [2.45, 2.75) is 55.7 Å². The van der Waals surface area contributed by atoms with E-state index in [1.165, 1.54) is 5.38 Å². The van der Waals surface area contributed by atoms with E-state index in [2.05, 4.69) is 10.3 Å². The van der Waals surface area contributed by atoms with Crippen LogP contribution in [0.3, 0.4) is 0 Å². The molecule has 2 aromatic rings. The molecule has 1 aliphatic heterocycles. The fraction of sp³-hybridized carbons (Fsp3) is 0.500. The van der Waals surface area contributed by atoms with E-state index in [-0.39, 0.29) is 47.9 Å². The maximum Gasteiger partial charge on any atom is 0.435 e. The van der Waals surface area contributed by atoms with Crippen LogP contribution in [0.4, 0.5) is 35.9 Å². The molecule has 2 N–H and O–H groups in total. The lowest BCUT2D eigenvalue weighted by Crippen LogP contribution is -2.50. The van der Waals surface area contributed by atoms with Crippen LogP contribution < -0.4 is 5.32 Å². The number of carboxylic acids is 1. The van der Waals surface area contributed by atoms with Crippen molar-refractivity contribution in [3.8, 4) is 0 Å². The maximum atomic E-state index is 14.5. The van der Waals surface area contributed by atoms with Crippen LogP contribution in [0.15, 0.2) is 23.6 Å². The molecule has 1 aromatic carbocycles. The second kappa shape index (κ2) is 9.29. The summed E-state index contributed by atoms with van der Waals surface area (Å²) < 4.78 is 93.4. The third kappa shape index (κ3) is 4.80. The molecule has 1 fully saturated rings. The number of hydrogen-bond acceptors (Lipinski definition) is 5. The van der Waals surface area contributed by atoms with Gasteiger partial charge in [0.1, 0.15) is 0 Å². The maximum absolute atomic E-state index is 14.5. The molecule has 1 unspecified atom stereocenters.